The van der Waals surface area contributed by atoms with Gasteiger partial charge in [-0.2, -0.15) is 0 Å². The van der Waals surface area contributed by atoms with Crippen molar-refractivity contribution in [1.29, 1.82) is 0 Å². The van der Waals surface area contributed by atoms with Crippen molar-refractivity contribution in [2.24, 2.45) is 0 Å². The lowest BCUT2D eigenvalue weighted by molar-refractivity contribution is 0.501. The van der Waals surface area contributed by atoms with E-state index in [-0.39, 0.29) is 12.6 Å². The minimum Gasteiger partial charge on any atom is -0.296 e. The Balaban J connectivity index is 5.04. The summed E-state index contributed by atoms with van der Waals surface area (Å²) in [6.07, 6.45) is 4.33. The van der Waals surface area contributed by atoms with Crippen molar-refractivity contribution in [2.75, 3.05) is 6.66 Å². The summed E-state index contributed by atoms with van der Waals surface area (Å²) in [6.45, 7) is 18.6. The lowest BCUT2D eigenvalue weighted by Gasteiger charge is -2.38. The molecule has 2 unspecified atom stereocenters. The van der Waals surface area contributed by atoms with E-state index in [4.69, 9.17) is 0 Å². The molecule has 0 radical (unpaired) electrons. The highest BCUT2D eigenvalue weighted by atomic mass is 31.4. The Bertz CT molecular complexity index is 224. The molecule has 0 aromatic heterocycles. The molecule has 1 nitrogen and oxygen atoms in total. The molecular formula is C11H27NPSi+. The SMILES string of the molecule is C=[P+](C)[Si](C)(NC(C)(C)C)C(C)(C)C. The highest BCUT2D eigenvalue weighted by Crippen LogP contribution is 2.47. The van der Waals surface area contributed by atoms with Crippen LogP contribution in [0.3, 0.4) is 0 Å². The molecule has 3 heteroatoms. The second-order valence-electron chi connectivity index (χ2n) is 6.40. The second-order valence-corrected chi connectivity index (χ2v) is 16.7. The smallest absolute Gasteiger partial charge is 0.296 e. The maximum atomic E-state index is 4.33. The van der Waals surface area contributed by atoms with Gasteiger partial charge in [0.05, 0.1) is 13.0 Å². The first kappa shape index (κ1) is 14.3. The molecule has 0 fully saturated rings. The van der Waals surface area contributed by atoms with Crippen molar-refractivity contribution in [1.82, 2.24) is 4.98 Å². The van der Waals surface area contributed by atoms with Gasteiger partial charge in [0.15, 0.2) is 0 Å². The Morgan fingerprint density at radius 2 is 1.43 bits per heavy atom. The summed E-state index contributed by atoms with van der Waals surface area (Å²) in [6, 6.07) is 0. The first-order valence-electron chi connectivity index (χ1n) is 5.24. The molecule has 0 saturated heterocycles. The van der Waals surface area contributed by atoms with Gasteiger partial charge in [-0.3, -0.25) is 4.98 Å². The third-order valence-electron chi connectivity index (χ3n) is 2.84. The minimum atomic E-state index is -1.46. The monoisotopic (exact) mass is 232 g/mol. The molecule has 0 aliphatic heterocycles. The van der Waals surface area contributed by atoms with Crippen molar-refractivity contribution >= 4 is 21.3 Å². The molecule has 14 heavy (non-hydrogen) atoms. The van der Waals surface area contributed by atoms with Crippen LogP contribution in [0, 0.1) is 0 Å². The number of hydrogen-bond acceptors (Lipinski definition) is 1. The van der Waals surface area contributed by atoms with Gasteiger partial charge in [0, 0.05) is 17.7 Å². The molecular weight excluding hydrogens is 205 g/mol. The molecule has 0 aliphatic rings. The van der Waals surface area contributed by atoms with Crippen LogP contribution in [0.2, 0.25) is 11.6 Å². The van der Waals surface area contributed by atoms with E-state index in [1.807, 2.05) is 0 Å². The van der Waals surface area contributed by atoms with Crippen molar-refractivity contribution in [3.63, 3.8) is 0 Å². The largest absolute Gasteiger partial charge is 0.364 e. The Morgan fingerprint density at radius 1 is 1.07 bits per heavy atom. The summed E-state index contributed by atoms with van der Waals surface area (Å²) >= 11 is 0. The zero-order valence-electron chi connectivity index (χ0n) is 11.2. The number of hydrogen-bond donors (Lipinski definition) is 1. The van der Waals surface area contributed by atoms with Crippen LogP contribution in [0.25, 0.3) is 0 Å². The van der Waals surface area contributed by atoms with Crippen molar-refractivity contribution in [2.45, 2.75) is 58.7 Å². The third kappa shape index (κ3) is 3.49. The molecule has 2 atom stereocenters. The van der Waals surface area contributed by atoms with E-state index in [1.165, 1.54) is 0 Å². The van der Waals surface area contributed by atoms with Crippen LogP contribution in [-0.4, -0.2) is 26.4 Å². The molecule has 0 aromatic carbocycles. The van der Waals surface area contributed by atoms with E-state index in [9.17, 15) is 0 Å². The predicted molar refractivity (Wildman–Crippen MR) is 74.2 cm³/mol. The molecule has 0 spiro atoms. The lowest BCUT2D eigenvalue weighted by atomic mass is 10.1. The van der Waals surface area contributed by atoms with Gasteiger partial charge in [-0.15, -0.1) is 0 Å². The first-order chi connectivity index (χ1) is 5.90. The summed E-state index contributed by atoms with van der Waals surface area (Å²) in [5.74, 6) is 0. The van der Waals surface area contributed by atoms with Crippen LogP contribution >= 0.6 is 7.09 Å². The van der Waals surface area contributed by atoms with E-state index in [1.54, 1.807) is 0 Å². The number of nitrogens with one attached hydrogen (secondary N) is 1. The average Bonchev–Trinajstić information content (AvgIpc) is 1.79. The van der Waals surface area contributed by atoms with Gasteiger partial charge in [-0.1, -0.05) is 20.8 Å². The Hall–Kier alpha value is 0.347. The molecule has 0 rings (SSSR count). The Morgan fingerprint density at radius 3 is 1.50 bits per heavy atom. The predicted octanol–water partition coefficient (Wildman–Crippen LogP) is 3.79. The summed E-state index contributed by atoms with van der Waals surface area (Å²) in [5, 5.41) is 0.377. The van der Waals surface area contributed by atoms with E-state index in [0.717, 1.165) is 0 Å². The highest BCUT2D eigenvalue weighted by molar-refractivity contribution is 7.92. The maximum absolute atomic E-state index is 4.33. The quantitative estimate of drug-likeness (QED) is 0.564. The molecule has 0 aliphatic carbocycles. The van der Waals surface area contributed by atoms with E-state index in [0.29, 0.717) is 5.04 Å². The van der Waals surface area contributed by atoms with Gasteiger partial charge in [0.25, 0.3) is 0 Å². The summed E-state index contributed by atoms with van der Waals surface area (Å²) in [4.78, 5) is 3.88. The van der Waals surface area contributed by atoms with Gasteiger partial charge >= 0.3 is 7.90 Å². The second kappa shape index (κ2) is 4.07. The van der Waals surface area contributed by atoms with Crippen molar-refractivity contribution in [3.8, 4) is 0 Å². The molecule has 0 bridgehead atoms. The van der Waals surface area contributed by atoms with Crippen LogP contribution in [-0.2, 0) is 0 Å². The van der Waals surface area contributed by atoms with E-state index in [2.05, 4.69) is 66.0 Å². The van der Waals surface area contributed by atoms with Crippen molar-refractivity contribution < 1.29 is 0 Å². The maximum Gasteiger partial charge on any atom is 0.364 e. The van der Waals surface area contributed by atoms with Gasteiger partial charge in [-0.05, 0) is 27.3 Å². The topological polar surface area (TPSA) is 12.0 Å². The average molecular weight is 232 g/mol. The van der Waals surface area contributed by atoms with Crippen LogP contribution in [0.1, 0.15) is 41.5 Å². The molecule has 0 heterocycles. The van der Waals surface area contributed by atoms with Gasteiger partial charge in [0.1, 0.15) is 0 Å². The fourth-order valence-electron chi connectivity index (χ4n) is 1.59. The zero-order chi connectivity index (χ0) is 11.8. The lowest BCUT2D eigenvalue weighted by Crippen LogP contribution is -2.59. The van der Waals surface area contributed by atoms with Gasteiger partial charge < -0.3 is 0 Å². The Labute approximate surface area is 92.0 Å². The fraction of sp³-hybridized carbons (Fsp3) is 0.909. The van der Waals surface area contributed by atoms with Crippen LogP contribution < -0.4 is 4.98 Å². The first-order valence-corrected chi connectivity index (χ1v) is 10.6. The summed E-state index contributed by atoms with van der Waals surface area (Å²) in [7, 11) is -1.58. The van der Waals surface area contributed by atoms with Gasteiger partial charge in [-0.25, -0.2) is 0 Å². The van der Waals surface area contributed by atoms with E-state index < -0.39 is 7.90 Å². The zero-order valence-corrected chi connectivity index (χ0v) is 13.0. The molecule has 1 N–H and O–H groups in total. The fourth-order valence-corrected chi connectivity index (χ4v) is 9.77. The van der Waals surface area contributed by atoms with E-state index >= 15 is 0 Å². The van der Waals surface area contributed by atoms with Crippen LogP contribution in [0.4, 0.5) is 0 Å². The molecule has 84 valence electrons. The molecule has 0 aromatic rings. The standard InChI is InChI=1S/C11H27NPSi/c1-10(2,3)12-14(9,13(7)8)11(4,5)6/h12H,7H2,1-6,8-9H3/q+1. The summed E-state index contributed by atoms with van der Waals surface area (Å²) < 4.78 is 0. The highest BCUT2D eigenvalue weighted by Gasteiger charge is 2.53. The van der Waals surface area contributed by atoms with Gasteiger partial charge in [0.2, 0.25) is 0 Å². The normalized spacial score (nSPS) is 19.0. The molecule has 0 amide bonds. The molecule has 0 saturated carbocycles. The van der Waals surface area contributed by atoms with Crippen molar-refractivity contribution in [3.05, 3.63) is 0 Å². The summed E-state index contributed by atoms with van der Waals surface area (Å²) in [5.41, 5.74) is 0.211. The minimum absolute atomic E-state index is 0.121. The van der Waals surface area contributed by atoms with Crippen LogP contribution in [0.15, 0.2) is 0 Å². The van der Waals surface area contributed by atoms with Crippen LogP contribution in [0.5, 0.6) is 0 Å². The third-order valence-corrected chi connectivity index (χ3v) is 15.5. The number of rotatable bonds is 2. The Kier molecular flexibility index (Phi) is 4.18.